The Morgan fingerprint density at radius 1 is 1.08 bits per heavy atom. The van der Waals surface area contributed by atoms with Crippen LogP contribution in [0.4, 0.5) is 10.1 Å². The maximum Gasteiger partial charge on any atom is 0.258 e. The maximum atomic E-state index is 13.5. The van der Waals surface area contributed by atoms with Crippen molar-refractivity contribution in [2.75, 3.05) is 31.1 Å². The third-order valence-corrected chi connectivity index (χ3v) is 7.52. The highest BCUT2D eigenvalue weighted by Crippen LogP contribution is 2.36. The first-order valence-electron chi connectivity index (χ1n) is 12.6. The van der Waals surface area contributed by atoms with Gasteiger partial charge in [0.2, 0.25) is 0 Å². The molecule has 0 radical (unpaired) electrons. The Morgan fingerprint density at radius 3 is 2.69 bits per heavy atom. The van der Waals surface area contributed by atoms with Crippen molar-refractivity contribution in [3.8, 4) is 11.5 Å². The smallest absolute Gasteiger partial charge is 0.258 e. The van der Waals surface area contributed by atoms with E-state index in [2.05, 4.69) is 46.0 Å². The monoisotopic (exact) mass is 488 g/mol. The van der Waals surface area contributed by atoms with E-state index in [9.17, 15) is 9.18 Å². The summed E-state index contributed by atoms with van der Waals surface area (Å²) in [6, 6.07) is 8.75. The first-order valence-corrected chi connectivity index (χ1v) is 12.6. The van der Waals surface area contributed by atoms with Gasteiger partial charge in [0, 0.05) is 44.6 Å². The van der Waals surface area contributed by atoms with Gasteiger partial charge in [0.25, 0.3) is 5.56 Å². The number of benzene rings is 1. The Hall–Kier alpha value is -3.66. The molecule has 10 heteroatoms. The van der Waals surface area contributed by atoms with Crippen LogP contribution >= 0.6 is 0 Å². The summed E-state index contributed by atoms with van der Waals surface area (Å²) in [6.07, 6.45) is 5.78. The van der Waals surface area contributed by atoms with Crippen LogP contribution in [0, 0.1) is 5.82 Å². The molecule has 2 atom stereocenters. The molecule has 6 rings (SSSR count). The molecule has 36 heavy (non-hydrogen) atoms. The summed E-state index contributed by atoms with van der Waals surface area (Å²) in [5.41, 5.74) is 2.18. The Bertz CT molecular complexity index is 1420. The van der Waals surface area contributed by atoms with Crippen LogP contribution < -0.4 is 10.5 Å². The molecule has 186 valence electrons. The van der Waals surface area contributed by atoms with E-state index in [1.54, 1.807) is 6.07 Å². The first kappa shape index (κ1) is 22.8. The second kappa shape index (κ2) is 9.42. The van der Waals surface area contributed by atoms with Gasteiger partial charge in [-0.15, -0.1) is 0 Å². The van der Waals surface area contributed by atoms with Gasteiger partial charge in [-0.1, -0.05) is 6.92 Å². The van der Waals surface area contributed by atoms with Gasteiger partial charge in [-0.3, -0.25) is 19.8 Å². The fraction of sp³-hybridized carbons (Fsp3) is 0.423. The number of fused-ring (bicyclic) bond motifs is 1. The van der Waals surface area contributed by atoms with E-state index in [0.29, 0.717) is 22.8 Å². The Balaban J connectivity index is 1.07. The summed E-state index contributed by atoms with van der Waals surface area (Å²) in [5.74, 6) is 2.02. The van der Waals surface area contributed by atoms with Crippen molar-refractivity contribution >= 4 is 16.6 Å². The van der Waals surface area contributed by atoms with Gasteiger partial charge in [-0.25, -0.2) is 14.4 Å². The fourth-order valence-corrected chi connectivity index (χ4v) is 5.48. The lowest BCUT2D eigenvalue weighted by atomic mass is 10.1. The van der Waals surface area contributed by atoms with E-state index >= 15 is 0 Å². The molecule has 1 aromatic carbocycles. The van der Waals surface area contributed by atoms with Gasteiger partial charge in [-0.2, -0.15) is 5.10 Å². The van der Waals surface area contributed by atoms with Crippen LogP contribution in [0.2, 0.25) is 0 Å². The van der Waals surface area contributed by atoms with Crippen LogP contribution in [-0.4, -0.2) is 67.3 Å². The standard InChI is InChI=1S/C26H29FN8O/c1-2-23-30-25(33-32-23)22-8-6-19(15-28-22)35-11-9-34(10-12-35)18-5-3-16(13-18)24-29-21-7-4-17(27)14-20(21)26(36)31-24/h4,6-8,14-16,18H,2-3,5,9-13H2,1H3,(H,29,31,36)(H,30,32,33)/t16-,18-/m1/s1. The number of anilines is 1. The number of rotatable bonds is 5. The third kappa shape index (κ3) is 4.37. The highest BCUT2D eigenvalue weighted by Gasteiger charge is 2.33. The zero-order valence-corrected chi connectivity index (χ0v) is 20.2. The number of nitrogens with zero attached hydrogens (tertiary/aromatic N) is 6. The van der Waals surface area contributed by atoms with Gasteiger partial charge in [0.05, 0.1) is 22.8 Å². The van der Waals surface area contributed by atoms with Crippen LogP contribution in [0.5, 0.6) is 0 Å². The molecule has 9 nitrogen and oxygen atoms in total. The Morgan fingerprint density at radius 2 is 1.94 bits per heavy atom. The van der Waals surface area contributed by atoms with Crippen LogP contribution in [-0.2, 0) is 6.42 Å². The third-order valence-electron chi connectivity index (χ3n) is 7.52. The van der Waals surface area contributed by atoms with Crippen molar-refractivity contribution < 1.29 is 4.39 Å². The van der Waals surface area contributed by atoms with Crippen molar-refractivity contribution in [3.05, 3.63) is 64.3 Å². The molecule has 1 saturated carbocycles. The molecule has 2 fully saturated rings. The SMILES string of the molecule is CCc1nc(-c2ccc(N3CCN([C@@H]4CC[C@@H](c5nc6ccc(F)cc6c(=O)[nH]5)C4)CC3)cn2)n[nH]1. The number of aromatic nitrogens is 6. The highest BCUT2D eigenvalue weighted by molar-refractivity contribution is 5.77. The fourth-order valence-electron chi connectivity index (χ4n) is 5.48. The number of halogens is 1. The summed E-state index contributed by atoms with van der Waals surface area (Å²) >= 11 is 0. The quantitative estimate of drug-likeness (QED) is 0.444. The van der Waals surface area contributed by atoms with Crippen molar-refractivity contribution in [3.63, 3.8) is 0 Å². The average molecular weight is 489 g/mol. The van der Waals surface area contributed by atoms with Gasteiger partial charge in [0.1, 0.15) is 23.2 Å². The van der Waals surface area contributed by atoms with Crippen molar-refractivity contribution in [2.24, 2.45) is 0 Å². The summed E-state index contributed by atoms with van der Waals surface area (Å²) < 4.78 is 13.5. The first-order chi connectivity index (χ1) is 17.6. The Kier molecular flexibility index (Phi) is 5.96. The van der Waals surface area contributed by atoms with Gasteiger partial charge >= 0.3 is 0 Å². The predicted octanol–water partition coefficient (Wildman–Crippen LogP) is 3.26. The molecule has 1 saturated heterocycles. The summed E-state index contributed by atoms with van der Waals surface area (Å²) in [4.78, 5) is 34.0. The number of H-pyrrole nitrogens is 2. The van der Waals surface area contributed by atoms with Crippen molar-refractivity contribution in [1.29, 1.82) is 0 Å². The highest BCUT2D eigenvalue weighted by atomic mass is 19.1. The lowest BCUT2D eigenvalue weighted by Crippen LogP contribution is -2.49. The number of aromatic amines is 2. The van der Waals surface area contributed by atoms with Crippen LogP contribution in [0.3, 0.4) is 0 Å². The largest absolute Gasteiger partial charge is 0.368 e. The number of pyridine rings is 1. The number of nitrogens with one attached hydrogen (secondary N) is 2. The van der Waals surface area contributed by atoms with E-state index in [1.807, 2.05) is 19.2 Å². The summed E-state index contributed by atoms with van der Waals surface area (Å²) in [6.45, 7) is 5.90. The van der Waals surface area contributed by atoms with Crippen molar-refractivity contribution in [2.45, 2.75) is 44.6 Å². The van der Waals surface area contributed by atoms with Gasteiger partial charge < -0.3 is 9.88 Å². The summed E-state index contributed by atoms with van der Waals surface area (Å²) in [7, 11) is 0. The summed E-state index contributed by atoms with van der Waals surface area (Å²) in [5, 5.41) is 7.49. The molecule has 0 unspecified atom stereocenters. The zero-order valence-electron chi connectivity index (χ0n) is 20.2. The molecule has 2 N–H and O–H groups in total. The predicted molar refractivity (Wildman–Crippen MR) is 135 cm³/mol. The van der Waals surface area contributed by atoms with Crippen LogP contribution in [0.1, 0.15) is 43.8 Å². The molecule has 0 amide bonds. The number of aryl methyl sites for hydroxylation is 1. The topological polar surface area (TPSA) is 107 Å². The van der Waals surface area contributed by atoms with E-state index in [-0.39, 0.29) is 11.5 Å². The molecule has 3 aromatic heterocycles. The minimum Gasteiger partial charge on any atom is -0.368 e. The molecule has 4 heterocycles. The van der Waals surface area contributed by atoms with E-state index < -0.39 is 5.82 Å². The van der Waals surface area contributed by atoms with E-state index in [1.165, 1.54) is 12.1 Å². The van der Waals surface area contributed by atoms with Crippen LogP contribution in [0.15, 0.2) is 41.3 Å². The molecule has 2 aliphatic rings. The minimum atomic E-state index is -0.422. The number of hydrogen-bond acceptors (Lipinski definition) is 7. The second-order valence-electron chi connectivity index (χ2n) is 9.66. The Labute approximate surface area is 207 Å². The lowest BCUT2D eigenvalue weighted by Gasteiger charge is -2.39. The molecule has 0 bridgehead atoms. The maximum absolute atomic E-state index is 13.5. The number of hydrogen-bond donors (Lipinski definition) is 2. The normalized spacial score (nSPS) is 20.9. The number of piperazine rings is 1. The molecule has 1 aliphatic heterocycles. The average Bonchev–Trinajstić information content (AvgIpc) is 3.60. The van der Waals surface area contributed by atoms with Gasteiger partial charge in [-0.05, 0) is 49.6 Å². The minimum absolute atomic E-state index is 0.218. The molecule has 0 spiro atoms. The van der Waals surface area contributed by atoms with E-state index in [0.717, 1.165) is 74.9 Å². The molecular weight excluding hydrogens is 459 g/mol. The lowest BCUT2D eigenvalue weighted by molar-refractivity contribution is 0.186. The van der Waals surface area contributed by atoms with Crippen molar-refractivity contribution in [1.82, 2.24) is 35.0 Å². The molecule has 4 aromatic rings. The molecule has 1 aliphatic carbocycles. The second-order valence-corrected chi connectivity index (χ2v) is 9.66. The van der Waals surface area contributed by atoms with E-state index in [4.69, 9.17) is 0 Å². The van der Waals surface area contributed by atoms with Gasteiger partial charge in [0.15, 0.2) is 5.82 Å². The zero-order chi connectivity index (χ0) is 24.6. The van der Waals surface area contributed by atoms with Crippen LogP contribution in [0.25, 0.3) is 22.4 Å². The molecular formula is C26H29FN8O.